The molecule has 3 nitrogen and oxygen atoms in total. The van der Waals surface area contributed by atoms with Gasteiger partial charge in [0.15, 0.2) is 0 Å². The topological polar surface area (TPSA) is 46.2 Å². The van der Waals surface area contributed by atoms with E-state index in [2.05, 4.69) is 5.32 Å². The fourth-order valence-electron chi connectivity index (χ4n) is 1.53. The Hall–Kier alpha value is -1.61. The van der Waals surface area contributed by atoms with E-state index in [0.717, 1.165) is 5.56 Å². The van der Waals surface area contributed by atoms with E-state index in [1.165, 1.54) is 0 Å². The quantitative estimate of drug-likeness (QED) is 0.614. The van der Waals surface area contributed by atoms with Crippen LogP contribution in [0.1, 0.15) is 15.9 Å². The largest absolute Gasteiger partial charge is 0.318 e. The number of allylic oxidation sites excluding steroid dienone is 1. The molecule has 0 aliphatic carbocycles. The maximum absolute atomic E-state index is 11.5. The van der Waals surface area contributed by atoms with Crippen molar-refractivity contribution in [3.8, 4) is 0 Å². The van der Waals surface area contributed by atoms with Gasteiger partial charge in [-0.05, 0) is 11.6 Å². The number of alkyl halides is 1. The Labute approximate surface area is 91.7 Å². The summed E-state index contributed by atoms with van der Waals surface area (Å²) in [6.45, 7) is 0. The Bertz CT molecular complexity index is 466. The molecule has 1 N–H and O–H groups in total. The van der Waals surface area contributed by atoms with Gasteiger partial charge in [0.05, 0.1) is 11.3 Å². The molecule has 0 fully saturated rings. The molecule has 2 rings (SSSR count). The van der Waals surface area contributed by atoms with Gasteiger partial charge in [-0.15, -0.1) is 11.6 Å². The molecule has 15 heavy (non-hydrogen) atoms. The van der Waals surface area contributed by atoms with Crippen LogP contribution >= 0.6 is 11.6 Å². The average molecular weight is 222 g/mol. The number of anilines is 1. The number of hydrogen-bond acceptors (Lipinski definition) is 2. The minimum absolute atomic E-state index is 0.374. The van der Waals surface area contributed by atoms with Gasteiger partial charge >= 0.3 is 0 Å². The molecular formula is C11H8ClNO2. The molecule has 0 bridgehead atoms. The van der Waals surface area contributed by atoms with Crippen LogP contribution in [0.15, 0.2) is 24.3 Å². The number of benzene rings is 1. The first-order valence-electron chi connectivity index (χ1n) is 4.45. The molecule has 0 saturated heterocycles. The maximum atomic E-state index is 11.5. The number of halogens is 1. The minimum Gasteiger partial charge on any atom is -0.318 e. The van der Waals surface area contributed by atoms with Crippen LogP contribution in [0.2, 0.25) is 0 Å². The van der Waals surface area contributed by atoms with Crippen LogP contribution in [0.25, 0.3) is 6.08 Å². The summed E-state index contributed by atoms with van der Waals surface area (Å²) in [6, 6.07) is 5.27. The third-order valence-electron chi connectivity index (χ3n) is 2.16. The molecule has 4 heteroatoms. The van der Waals surface area contributed by atoms with Gasteiger partial charge in [0.25, 0.3) is 11.7 Å². The number of nitrogens with one attached hydrogen (secondary N) is 1. The summed E-state index contributed by atoms with van der Waals surface area (Å²) in [5.41, 5.74) is 1.72. The van der Waals surface area contributed by atoms with Crippen molar-refractivity contribution >= 4 is 35.1 Å². The second-order valence-corrected chi connectivity index (χ2v) is 3.42. The number of ketones is 1. The van der Waals surface area contributed by atoms with Crippen molar-refractivity contribution in [2.24, 2.45) is 0 Å². The predicted molar refractivity (Wildman–Crippen MR) is 59.2 cm³/mol. The molecule has 0 saturated carbocycles. The smallest absolute Gasteiger partial charge is 0.296 e. The van der Waals surface area contributed by atoms with Crippen molar-refractivity contribution in [1.29, 1.82) is 0 Å². The van der Waals surface area contributed by atoms with Crippen molar-refractivity contribution in [3.05, 3.63) is 35.4 Å². The van der Waals surface area contributed by atoms with Crippen LogP contribution in [0.5, 0.6) is 0 Å². The van der Waals surface area contributed by atoms with Crippen LogP contribution < -0.4 is 5.32 Å². The zero-order valence-electron chi connectivity index (χ0n) is 7.79. The summed E-state index contributed by atoms with van der Waals surface area (Å²) in [6.07, 6.45) is 3.47. The number of hydrogen-bond donors (Lipinski definition) is 1. The SMILES string of the molecule is O=C1Nc2cccc(C=CCCl)c2C1=O. The number of carbonyl (C=O) groups excluding carboxylic acids is 2. The van der Waals surface area contributed by atoms with Gasteiger partial charge < -0.3 is 5.32 Å². The molecule has 0 radical (unpaired) electrons. The van der Waals surface area contributed by atoms with E-state index in [-0.39, 0.29) is 0 Å². The first kappa shape index (κ1) is 9.93. The van der Waals surface area contributed by atoms with Gasteiger partial charge in [0.2, 0.25) is 0 Å². The molecule has 1 aromatic rings. The molecule has 0 unspecified atom stereocenters. The summed E-state index contributed by atoms with van der Waals surface area (Å²) in [5, 5.41) is 2.51. The van der Waals surface area contributed by atoms with E-state index in [1.807, 2.05) is 0 Å². The lowest BCUT2D eigenvalue weighted by Gasteiger charge is -2.00. The summed E-state index contributed by atoms with van der Waals surface area (Å²) in [4.78, 5) is 22.6. The fraction of sp³-hybridized carbons (Fsp3) is 0.0909. The monoisotopic (exact) mass is 221 g/mol. The Morgan fingerprint density at radius 3 is 2.87 bits per heavy atom. The lowest BCUT2D eigenvalue weighted by atomic mass is 10.0. The van der Waals surface area contributed by atoms with Crippen LogP contribution in [0, 0.1) is 0 Å². The van der Waals surface area contributed by atoms with Gasteiger partial charge in [-0.2, -0.15) is 0 Å². The van der Waals surface area contributed by atoms with Crippen LogP contribution in [0.4, 0.5) is 5.69 Å². The number of Topliss-reactive ketones (excluding diaryl/α,β-unsaturated/α-hetero) is 1. The van der Waals surface area contributed by atoms with E-state index in [0.29, 0.717) is 17.1 Å². The zero-order valence-corrected chi connectivity index (χ0v) is 8.54. The van der Waals surface area contributed by atoms with Gasteiger partial charge in [0, 0.05) is 5.88 Å². The summed E-state index contributed by atoms with van der Waals surface area (Å²) >= 11 is 5.51. The van der Waals surface area contributed by atoms with Crippen LogP contribution in [-0.2, 0) is 4.79 Å². The van der Waals surface area contributed by atoms with Crippen molar-refractivity contribution in [2.75, 3.05) is 11.2 Å². The minimum atomic E-state index is -0.572. The maximum Gasteiger partial charge on any atom is 0.296 e. The Balaban J connectivity index is 2.52. The summed E-state index contributed by atoms with van der Waals surface area (Å²) in [5.74, 6) is -0.685. The Morgan fingerprint density at radius 1 is 1.33 bits per heavy atom. The molecule has 0 aromatic heterocycles. The lowest BCUT2D eigenvalue weighted by molar-refractivity contribution is -0.112. The molecule has 1 aliphatic rings. The van der Waals surface area contributed by atoms with Crippen molar-refractivity contribution in [2.45, 2.75) is 0 Å². The second kappa shape index (κ2) is 3.87. The number of rotatable bonds is 2. The van der Waals surface area contributed by atoms with E-state index in [4.69, 9.17) is 11.6 Å². The third-order valence-corrected chi connectivity index (χ3v) is 2.34. The van der Waals surface area contributed by atoms with Gasteiger partial charge in [-0.25, -0.2) is 0 Å². The number of fused-ring (bicyclic) bond motifs is 1. The molecule has 1 amide bonds. The summed E-state index contributed by atoms with van der Waals surface area (Å²) in [7, 11) is 0. The van der Waals surface area contributed by atoms with E-state index < -0.39 is 11.7 Å². The third kappa shape index (κ3) is 1.66. The molecule has 0 atom stereocenters. The number of carbonyl (C=O) groups is 2. The molecule has 1 heterocycles. The second-order valence-electron chi connectivity index (χ2n) is 3.11. The predicted octanol–water partition coefficient (Wildman–Crippen LogP) is 2.07. The highest BCUT2D eigenvalue weighted by atomic mass is 35.5. The molecule has 1 aliphatic heterocycles. The van der Waals surface area contributed by atoms with Crippen molar-refractivity contribution in [3.63, 3.8) is 0 Å². The standard InChI is InChI=1S/C11H8ClNO2/c12-6-2-4-7-3-1-5-8-9(7)10(14)11(15)13-8/h1-5H,6H2,(H,13,14,15). The molecular weight excluding hydrogens is 214 g/mol. The fourth-order valence-corrected chi connectivity index (χ4v) is 1.62. The first-order chi connectivity index (χ1) is 7.24. The van der Waals surface area contributed by atoms with E-state index >= 15 is 0 Å². The van der Waals surface area contributed by atoms with Gasteiger partial charge in [-0.3, -0.25) is 9.59 Å². The molecule has 0 spiro atoms. The van der Waals surface area contributed by atoms with Crippen molar-refractivity contribution in [1.82, 2.24) is 0 Å². The van der Waals surface area contributed by atoms with Crippen molar-refractivity contribution < 1.29 is 9.59 Å². The highest BCUT2D eigenvalue weighted by Gasteiger charge is 2.29. The highest BCUT2D eigenvalue weighted by Crippen LogP contribution is 2.26. The van der Waals surface area contributed by atoms with Gasteiger partial charge in [0.1, 0.15) is 0 Å². The Kier molecular flexibility index (Phi) is 2.56. The zero-order chi connectivity index (χ0) is 10.8. The van der Waals surface area contributed by atoms with E-state index in [9.17, 15) is 9.59 Å². The lowest BCUT2D eigenvalue weighted by Crippen LogP contribution is -2.12. The first-order valence-corrected chi connectivity index (χ1v) is 4.98. The van der Waals surface area contributed by atoms with Gasteiger partial charge in [-0.1, -0.05) is 24.3 Å². The van der Waals surface area contributed by atoms with Crippen LogP contribution in [-0.4, -0.2) is 17.6 Å². The van der Waals surface area contributed by atoms with E-state index in [1.54, 1.807) is 30.4 Å². The average Bonchev–Trinajstić information content (AvgIpc) is 2.53. The van der Waals surface area contributed by atoms with Crippen LogP contribution in [0.3, 0.4) is 0 Å². The summed E-state index contributed by atoms with van der Waals surface area (Å²) < 4.78 is 0. The highest BCUT2D eigenvalue weighted by molar-refractivity contribution is 6.52. The molecule has 1 aromatic carbocycles. The molecule has 76 valence electrons. The number of amides is 1. The Morgan fingerprint density at radius 2 is 2.13 bits per heavy atom. The normalized spacial score (nSPS) is 14.5.